The van der Waals surface area contributed by atoms with E-state index in [1.807, 2.05) is 0 Å². The summed E-state index contributed by atoms with van der Waals surface area (Å²) in [5.74, 6) is -24.1. The van der Waals surface area contributed by atoms with Gasteiger partial charge < -0.3 is 112 Å². The Morgan fingerprint density at radius 2 is 0.389 bits per heavy atom. The van der Waals surface area contributed by atoms with Gasteiger partial charge in [-0.25, -0.2) is 0 Å². The Morgan fingerprint density at radius 3 is 0.611 bits per heavy atom. The summed E-state index contributed by atoms with van der Waals surface area (Å²) in [5.41, 5.74) is -3.14. The van der Waals surface area contributed by atoms with Crippen molar-refractivity contribution < 1.29 is 102 Å². The lowest BCUT2D eigenvalue weighted by Gasteiger charge is -2.34. The average Bonchev–Trinajstić information content (AvgIpc) is 3.39. The van der Waals surface area contributed by atoms with Gasteiger partial charge in [0.15, 0.2) is 46.0 Å². The third-order valence-corrected chi connectivity index (χ3v) is 12.0. The van der Waals surface area contributed by atoms with Gasteiger partial charge in [-0.2, -0.15) is 0 Å². The van der Waals surface area contributed by atoms with Crippen LogP contribution in [0.2, 0.25) is 0 Å². The zero-order valence-corrected chi connectivity index (χ0v) is 36.1. The molecule has 0 fully saturated rings. The Kier molecular flexibility index (Phi) is 10.5. The van der Waals surface area contributed by atoms with E-state index in [4.69, 9.17) is 0 Å². The second kappa shape index (κ2) is 16.4. The van der Waals surface area contributed by atoms with Crippen LogP contribution in [-0.2, 0) is 0 Å². The van der Waals surface area contributed by atoms with Gasteiger partial charge in [-0.05, 0) is 35.4 Å². The lowest BCUT2D eigenvalue weighted by Crippen LogP contribution is -2.15. The number of aromatic hydroxyl groups is 20. The molecule has 9 aromatic carbocycles. The molecule has 0 aliphatic heterocycles. The molecule has 22 heteroatoms. The molecule has 0 atom stereocenters. The highest BCUT2D eigenvalue weighted by atomic mass is 16.4. The van der Waals surface area contributed by atoms with Gasteiger partial charge in [0.1, 0.15) is 11.4 Å². The number of fused-ring (bicyclic) bond motifs is 2. The average molecular weight is 985 g/mol. The first-order chi connectivity index (χ1) is 34.1. The number of hydrogen-bond acceptors (Lipinski definition) is 22. The smallest absolute Gasteiger partial charge is 0.208 e. The summed E-state index contributed by atoms with van der Waals surface area (Å²) in [6.07, 6.45) is 0. The summed E-state index contributed by atoms with van der Waals surface area (Å²) in [4.78, 5) is 2.20. The highest BCUT2D eigenvalue weighted by molar-refractivity contribution is 6.24. The Balaban J connectivity index is 1.39. The fourth-order valence-electron chi connectivity index (χ4n) is 8.55. The summed E-state index contributed by atoms with van der Waals surface area (Å²) < 4.78 is 0. The molecule has 9 rings (SSSR count). The Bertz CT molecular complexity index is 3350. The molecule has 0 spiro atoms. The van der Waals surface area contributed by atoms with Gasteiger partial charge in [0.05, 0.1) is 22.5 Å². The molecule has 9 aromatic rings. The number of phenols is 20. The van der Waals surface area contributed by atoms with Crippen LogP contribution in [0.5, 0.6) is 115 Å². The molecule has 366 valence electrons. The van der Waals surface area contributed by atoms with E-state index < -0.39 is 137 Å². The minimum Gasteiger partial charge on any atom is -0.504 e. The SMILES string of the molecule is Oc1c(O)c(O)c(-c2ccc(N(c3c(O)c(O)c(O)c(O)c3O)c3c4ccccc4c(N(c4ccc(-c5c(O)c(O)c(O)c(O)c5O)cc4)c4c(O)c(O)c(O)c(O)c4O)c4ccccc34)cc2)c(O)c1O. The van der Waals surface area contributed by atoms with E-state index in [0.29, 0.717) is 0 Å². The van der Waals surface area contributed by atoms with Gasteiger partial charge in [-0.15, -0.1) is 0 Å². The van der Waals surface area contributed by atoms with Crippen molar-refractivity contribution in [1.29, 1.82) is 0 Å². The maximum atomic E-state index is 11.6. The molecule has 0 saturated carbocycles. The van der Waals surface area contributed by atoms with E-state index in [1.54, 1.807) is 0 Å². The van der Waals surface area contributed by atoms with Crippen LogP contribution in [-0.4, -0.2) is 102 Å². The Labute approximate surface area is 401 Å². The number of benzene rings is 9. The summed E-state index contributed by atoms with van der Waals surface area (Å²) in [6.45, 7) is 0. The van der Waals surface area contributed by atoms with Gasteiger partial charge in [0.25, 0.3) is 0 Å². The highest BCUT2D eigenvalue weighted by Crippen LogP contribution is 2.64. The minimum atomic E-state index is -1.32. The van der Waals surface area contributed by atoms with Crippen LogP contribution in [0.4, 0.5) is 34.1 Å². The lowest BCUT2D eigenvalue weighted by molar-refractivity contribution is 0.329. The maximum absolute atomic E-state index is 11.6. The molecule has 72 heavy (non-hydrogen) atoms. The summed E-state index contributed by atoms with van der Waals surface area (Å²) in [6, 6.07) is 21.9. The van der Waals surface area contributed by atoms with Crippen molar-refractivity contribution >= 4 is 55.7 Å². The molecule has 22 nitrogen and oxygen atoms in total. The van der Waals surface area contributed by atoms with E-state index in [9.17, 15) is 102 Å². The van der Waals surface area contributed by atoms with Crippen LogP contribution >= 0.6 is 0 Å². The Hall–Kier alpha value is -10.9. The first kappa shape index (κ1) is 46.2. The fraction of sp³-hybridized carbons (Fsp3) is 0. The standard InChI is InChI=1S/C50H36N2O20/c53-31-25(32(54)40(62)47(69)39(31)61)17-9-13-19(14-10-17)51(29-35(57)43(65)49(71)44(66)36(29)58)27-21-5-1-2-6-22(21)28(24-8-4-3-7-23(24)27)52(30-37(59)45(67)50(72)46(68)38(30)60)20-15-11-18(12-16-20)26-33(55)41(63)48(70)42(64)34(26)56/h1-16,53-72H. The molecule has 0 saturated heterocycles. The summed E-state index contributed by atoms with van der Waals surface area (Å²) in [7, 11) is 0. The third-order valence-electron chi connectivity index (χ3n) is 12.0. The van der Waals surface area contributed by atoms with Crippen molar-refractivity contribution in [2.24, 2.45) is 0 Å². The first-order valence-electron chi connectivity index (χ1n) is 20.6. The van der Waals surface area contributed by atoms with Gasteiger partial charge in [-0.3, -0.25) is 0 Å². The van der Waals surface area contributed by atoms with E-state index in [1.165, 1.54) is 97.1 Å². The Morgan fingerprint density at radius 1 is 0.194 bits per heavy atom. The van der Waals surface area contributed by atoms with E-state index in [0.717, 1.165) is 9.80 Å². The highest BCUT2D eigenvalue weighted by Gasteiger charge is 2.36. The lowest BCUT2D eigenvalue weighted by atomic mass is 9.94. The van der Waals surface area contributed by atoms with Crippen molar-refractivity contribution in [3.63, 3.8) is 0 Å². The minimum absolute atomic E-state index is 0.0311. The molecule has 0 bridgehead atoms. The molecule has 0 aromatic heterocycles. The van der Waals surface area contributed by atoms with Crippen molar-refractivity contribution in [3.8, 4) is 137 Å². The molecule has 0 aliphatic rings. The van der Waals surface area contributed by atoms with Gasteiger partial charge in [0, 0.05) is 32.9 Å². The van der Waals surface area contributed by atoms with E-state index >= 15 is 0 Å². The van der Waals surface area contributed by atoms with Crippen LogP contribution in [0.25, 0.3) is 43.8 Å². The molecular weight excluding hydrogens is 949 g/mol. The topological polar surface area (TPSA) is 411 Å². The van der Waals surface area contributed by atoms with Crippen LogP contribution in [0.15, 0.2) is 97.1 Å². The van der Waals surface area contributed by atoms with Gasteiger partial charge in [-0.1, -0.05) is 72.8 Å². The molecule has 0 aliphatic carbocycles. The molecule has 0 amide bonds. The van der Waals surface area contributed by atoms with Crippen LogP contribution in [0.1, 0.15) is 0 Å². The summed E-state index contributed by atoms with van der Waals surface area (Å²) >= 11 is 0. The molecule has 0 heterocycles. The molecule has 20 N–H and O–H groups in total. The second-order valence-electron chi connectivity index (χ2n) is 16.0. The van der Waals surface area contributed by atoms with Crippen molar-refractivity contribution in [2.45, 2.75) is 0 Å². The zero-order valence-electron chi connectivity index (χ0n) is 36.1. The van der Waals surface area contributed by atoms with E-state index in [-0.39, 0.29) is 55.4 Å². The predicted octanol–water partition coefficient (Wildman–Crippen LogP) is 8.38. The largest absolute Gasteiger partial charge is 0.504 e. The maximum Gasteiger partial charge on any atom is 0.208 e. The first-order valence-corrected chi connectivity index (χ1v) is 20.6. The van der Waals surface area contributed by atoms with Crippen LogP contribution in [0, 0.1) is 0 Å². The third kappa shape index (κ3) is 6.51. The van der Waals surface area contributed by atoms with Crippen molar-refractivity contribution in [3.05, 3.63) is 97.1 Å². The monoisotopic (exact) mass is 984 g/mol. The van der Waals surface area contributed by atoms with Crippen LogP contribution in [0.3, 0.4) is 0 Å². The normalized spacial score (nSPS) is 11.3. The second-order valence-corrected chi connectivity index (χ2v) is 16.0. The quantitative estimate of drug-likeness (QED) is 0.0294. The zero-order chi connectivity index (χ0) is 52.1. The van der Waals surface area contributed by atoms with E-state index in [2.05, 4.69) is 0 Å². The van der Waals surface area contributed by atoms with Gasteiger partial charge in [0.2, 0.25) is 69.0 Å². The fourth-order valence-corrected chi connectivity index (χ4v) is 8.55. The number of nitrogens with zero attached hydrogens (tertiary/aromatic N) is 2. The van der Waals surface area contributed by atoms with Crippen molar-refractivity contribution in [1.82, 2.24) is 0 Å². The number of phenolic OH excluding ortho intramolecular Hbond substituents is 20. The van der Waals surface area contributed by atoms with Gasteiger partial charge >= 0.3 is 0 Å². The number of hydrogen-bond donors (Lipinski definition) is 20. The number of anilines is 6. The van der Waals surface area contributed by atoms with Crippen molar-refractivity contribution in [2.75, 3.05) is 9.80 Å². The summed E-state index contributed by atoms with van der Waals surface area (Å²) in [5, 5.41) is 216. The van der Waals surface area contributed by atoms with Crippen LogP contribution < -0.4 is 9.80 Å². The molecule has 0 radical (unpaired) electrons. The molecular formula is C50H36N2O20. The predicted molar refractivity (Wildman–Crippen MR) is 255 cm³/mol. The molecule has 0 unspecified atom stereocenters. The number of rotatable bonds is 8.